The molecule has 0 heterocycles. The molecular weight excluding hydrogens is 204 g/mol. The van der Waals surface area contributed by atoms with E-state index in [4.69, 9.17) is 21.1 Å². The molecule has 0 N–H and O–H groups in total. The Balaban J connectivity index is 3.00. The van der Waals surface area contributed by atoms with Gasteiger partial charge in [-0.2, -0.15) is 0 Å². The number of aryl methyl sites for hydroxylation is 1. The van der Waals surface area contributed by atoms with E-state index in [0.29, 0.717) is 16.3 Å². The van der Waals surface area contributed by atoms with Crippen LogP contribution in [0.5, 0.6) is 5.75 Å². The number of carbonyl (C=O) groups is 1. The predicted octanol–water partition coefficient (Wildman–Crippen LogP) is 2.44. The summed E-state index contributed by atoms with van der Waals surface area (Å²) in [6, 6.07) is 3.29. The smallest absolute Gasteiger partial charge is 0.188 e. The third-order valence-corrected chi connectivity index (χ3v) is 2.16. The molecule has 0 aliphatic heterocycles. The van der Waals surface area contributed by atoms with Crippen LogP contribution in [0.2, 0.25) is 5.02 Å². The first kappa shape index (κ1) is 11.0. The Labute approximate surface area is 87.6 Å². The molecule has 0 saturated carbocycles. The van der Waals surface area contributed by atoms with Gasteiger partial charge in [-0.25, -0.2) is 0 Å². The summed E-state index contributed by atoms with van der Waals surface area (Å²) in [4.78, 5) is 10.7. The molecule has 4 heteroatoms. The summed E-state index contributed by atoms with van der Waals surface area (Å²) in [5, 5.41) is 0.571. The first-order valence-electron chi connectivity index (χ1n) is 4.06. The number of carbonyl (C=O) groups excluding carboxylic acids is 1. The molecule has 76 valence electrons. The lowest BCUT2D eigenvalue weighted by atomic mass is 10.1. The normalized spacial score (nSPS) is 9.93. The summed E-state index contributed by atoms with van der Waals surface area (Å²) in [6.45, 7) is 1.93. The first-order valence-corrected chi connectivity index (χ1v) is 4.44. The van der Waals surface area contributed by atoms with E-state index < -0.39 is 0 Å². The van der Waals surface area contributed by atoms with Crippen LogP contribution >= 0.6 is 11.6 Å². The standard InChI is InChI=1S/C10H11ClO3/c1-7-3-8(5-12)10(4-9(7)11)14-6-13-2/h3-5H,6H2,1-2H3. The van der Waals surface area contributed by atoms with Gasteiger partial charge in [0.1, 0.15) is 5.75 Å². The highest BCUT2D eigenvalue weighted by molar-refractivity contribution is 6.31. The van der Waals surface area contributed by atoms with Crippen LogP contribution in [0.3, 0.4) is 0 Å². The van der Waals surface area contributed by atoms with Crippen LogP contribution in [-0.4, -0.2) is 20.2 Å². The summed E-state index contributed by atoms with van der Waals surface area (Å²) in [7, 11) is 1.51. The molecule has 0 unspecified atom stereocenters. The van der Waals surface area contributed by atoms with Crippen LogP contribution in [-0.2, 0) is 4.74 Å². The van der Waals surface area contributed by atoms with Crippen molar-refractivity contribution in [2.75, 3.05) is 13.9 Å². The van der Waals surface area contributed by atoms with Crippen molar-refractivity contribution in [1.82, 2.24) is 0 Å². The van der Waals surface area contributed by atoms with Crippen molar-refractivity contribution in [2.24, 2.45) is 0 Å². The van der Waals surface area contributed by atoms with Crippen LogP contribution in [0.25, 0.3) is 0 Å². The quantitative estimate of drug-likeness (QED) is 0.571. The highest BCUT2D eigenvalue weighted by Gasteiger charge is 2.06. The second-order valence-electron chi connectivity index (χ2n) is 2.81. The van der Waals surface area contributed by atoms with Crippen molar-refractivity contribution in [1.29, 1.82) is 0 Å². The van der Waals surface area contributed by atoms with E-state index in [0.717, 1.165) is 11.8 Å². The Morgan fingerprint density at radius 1 is 1.50 bits per heavy atom. The lowest BCUT2D eigenvalue weighted by molar-refractivity contribution is 0.0505. The fraction of sp³-hybridized carbons (Fsp3) is 0.300. The van der Waals surface area contributed by atoms with E-state index in [1.165, 1.54) is 7.11 Å². The summed E-state index contributed by atoms with van der Waals surface area (Å²) in [6.07, 6.45) is 0.730. The van der Waals surface area contributed by atoms with Crippen molar-refractivity contribution >= 4 is 17.9 Å². The van der Waals surface area contributed by atoms with Crippen LogP contribution in [0.15, 0.2) is 12.1 Å². The summed E-state index contributed by atoms with van der Waals surface area (Å²) >= 11 is 5.88. The maximum Gasteiger partial charge on any atom is 0.188 e. The van der Waals surface area contributed by atoms with Gasteiger partial charge in [0.15, 0.2) is 13.1 Å². The highest BCUT2D eigenvalue weighted by Crippen LogP contribution is 2.25. The van der Waals surface area contributed by atoms with Crippen molar-refractivity contribution in [2.45, 2.75) is 6.92 Å². The molecule has 1 rings (SSSR count). The van der Waals surface area contributed by atoms with Gasteiger partial charge in [-0.05, 0) is 24.6 Å². The number of rotatable bonds is 4. The van der Waals surface area contributed by atoms with Gasteiger partial charge in [0.2, 0.25) is 0 Å². The van der Waals surface area contributed by atoms with Gasteiger partial charge >= 0.3 is 0 Å². The average molecular weight is 215 g/mol. The maximum absolute atomic E-state index is 10.7. The molecule has 1 aromatic carbocycles. The van der Waals surface area contributed by atoms with Crippen molar-refractivity contribution < 1.29 is 14.3 Å². The van der Waals surface area contributed by atoms with Crippen LogP contribution in [0.1, 0.15) is 15.9 Å². The SMILES string of the molecule is COCOc1cc(Cl)c(C)cc1C=O. The Morgan fingerprint density at radius 2 is 2.21 bits per heavy atom. The Hall–Kier alpha value is -1.06. The molecule has 0 bridgehead atoms. The predicted molar refractivity (Wildman–Crippen MR) is 54.1 cm³/mol. The molecule has 14 heavy (non-hydrogen) atoms. The highest BCUT2D eigenvalue weighted by atomic mass is 35.5. The average Bonchev–Trinajstić information content (AvgIpc) is 2.19. The minimum absolute atomic E-state index is 0.0975. The zero-order valence-corrected chi connectivity index (χ0v) is 8.80. The number of hydrogen-bond donors (Lipinski definition) is 0. The number of methoxy groups -OCH3 is 1. The number of hydrogen-bond acceptors (Lipinski definition) is 3. The van der Waals surface area contributed by atoms with E-state index in [1.807, 2.05) is 6.92 Å². The van der Waals surface area contributed by atoms with Crippen molar-refractivity contribution in [3.8, 4) is 5.75 Å². The van der Waals surface area contributed by atoms with Gasteiger partial charge in [-0.1, -0.05) is 11.6 Å². The van der Waals surface area contributed by atoms with Crippen molar-refractivity contribution in [3.63, 3.8) is 0 Å². The van der Waals surface area contributed by atoms with E-state index in [9.17, 15) is 4.79 Å². The second kappa shape index (κ2) is 4.98. The Kier molecular flexibility index (Phi) is 3.92. The number of aldehydes is 1. The molecule has 1 aromatic rings. The lowest BCUT2D eigenvalue weighted by Gasteiger charge is -2.08. The molecule has 0 radical (unpaired) electrons. The van der Waals surface area contributed by atoms with E-state index in [2.05, 4.69) is 0 Å². The molecule has 0 spiro atoms. The fourth-order valence-corrected chi connectivity index (χ4v) is 1.18. The molecule has 0 fully saturated rings. The molecular formula is C10H11ClO3. The van der Waals surface area contributed by atoms with Gasteiger partial charge in [-0.15, -0.1) is 0 Å². The zero-order valence-electron chi connectivity index (χ0n) is 8.04. The van der Waals surface area contributed by atoms with Crippen molar-refractivity contribution in [3.05, 3.63) is 28.3 Å². The summed E-state index contributed by atoms with van der Waals surface area (Å²) in [5.41, 5.74) is 1.32. The number of ether oxygens (including phenoxy) is 2. The van der Waals surface area contributed by atoms with Gasteiger partial charge in [0, 0.05) is 12.1 Å². The maximum atomic E-state index is 10.7. The Bertz CT molecular complexity index is 336. The van der Waals surface area contributed by atoms with Gasteiger partial charge in [0.25, 0.3) is 0 Å². The van der Waals surface area contributed by atoms with Crippen LogP contribution < -0.4 is 4.74 Å². The largest absolute Gasteiger partial charge is 0.467 e. The fourth-order valence-electron chi connectivity index (χ4n) is 1.03. The van der Waals surface area contributed by atoms with Gasteiger partial charge in [-0.3, -0.25) is 4.79 Å². The third kappa shape index (κ3) is 2.47. The zero-order chi connectivity index (χ0) is 10.6. The molecule has 0 saturated heterocycles. The monoisotopic (exact) mass is 214 g/mol. The minimum atomic E-state index is 0.0975. The lowest BCUT2D eigenvalue weighted by Crippen LogP contribution is -2.01. The molecule has 0 amide bonds. The topological polar surface area (TPSA) is 35.5 Å². The Morgan fingerprint density at radius 3 is 2.79 bits per heavy atom. The number of benzene rings is 1. The molecule has 0 aromatic heterocycles. The van der Waals surface area contributed by atoms with Gasteiger partial charge in [0.05, 0.1) is 5.56 Å². The van der Waals surface area contributed by atoms with Crippen LogP contribution in [0, 0.1) is 6.92 Å². The summed E-state index contributed by atoms with van der Waals surface area (Å²) < 4.78 is 9.91. The van der Waals surface area contributed by atoms with E-state index >= 15 is 0 Å². The van der Waals surface area contributed by atoms with E-state index in [1.54, 1.807) is 12.1 Å². The molecule has 0 aliphatic carbocycles. The molecule has 3 nitrogen and oxygen atoms in total. The molecule has 0 aliphatic rings. The third-order valence-electron chi connectivity index (χ3n) is 1.75. The van der Waals surface area contributed by atoms with E-state index in [-0.39, 0.29) is 6.79 Å². The van der Waals surface area contributed by atoms with Gasteiger partial charge < -0.3 is 9.47 Å². The number of halogens is 1. The van der Waals surface area contributed by atoms with Crippen LogP contribution in [0.4, 0.5) is 0 Å². The first-order chi connectivity index (χ1) is 6.69. The minimum Gasteiger partial charge on any atom is -0.467 e. The summed E-state index contributed by atoms with van der Waals surface area (Å²) in [5.74, 6) is 0.442. The second-order valence-corrected chi connectivity index (χ2v) is 3.22. The molecule has 0 atom stereocenters.